The lowest BCUT2D eigenvalue weighted by molar-refractivity contribution is -0.155. The van der Waals surface area contributed by atoms with Gasteiger partial charge in [-0.05, 0) is 83.4 Å². The van der Waals surface area contributed by atoms with E-state index in [9.17, 15) is 13.6 Å². The van der Waals surface area contributed by atoms with Crippen molar-refractivity contribution in [3.8, 4) is 11.8 Å². The normalized spacial score (nSPS) is 20.8. The van der Waals surface area contributed by atoms with Crippen molar-refractivity contribution in [2.45, 2.75) is 77.7 Å². The number of nitrogens with zero attached hydrogens (tertiary/aromatic N) is 1. The molecular weight excluding hydrogens is 360 g/mol. The molecule has 0 amide bonds. The number of halogens is 2. The molecule has 1 atom stereocenters. The van der Waals surface area contributed by atoms with E-state index in [4.69, 9.17) is 4.74 Å². The zero-order valence-corrected chi connectivity index (χ0v) is 17.1. The zero-order valence-electron chi connectivity index (χ0n) is 17.1. The van der Waals surface area contributed by atoms with Crippen LogP contribution in [0, 0.1) is 24.7 Å². The van der Waals surface area contributed by atoms with Crippen LogP contribution in [-0.4, -0.2) is 22.5 Å². The van der Waals surface area contributed by atoms with E-state index < -0.39 is 11.5 Å². The van der Waals surface area contributed by atoms with Crippen LogP contribution in [0.5, 0.6) is 0 Å². The van der Waals surface area contributed by atoms with E-state index in [1.54, 1.807) is 6.07 Å². The summed E-state index contributed by atoms with van der Waals surface area (Å²) in [4.78, 5) is 16.1. The molecule has 3 nitrogen and oxygen atoms in total. The van der Waals surface area contributed by atoms with Crippen LogP contribution in [0.1, 0.15) is 70.7 Å². The number of rotatable bonds is 3. The first-order chi connectivity index (χ1) is 13.0. The van der Waals surface area contributed by atoms with Crippen LogP contribution in [-0.2, 0) is 9.53 Å². The Morgan fingerprint density at radius 3 is 2.79 bits per heavy atom. The summed E-state index contributed by atoms with van der Waals surface area (Å²) in [5.41, 5.74) is 0.970. The maximum absolute atomic E-state index is 14.5. The molecule has 1 aliphatic rings. The molecule has 1 saturated carbocycles. The number of hydrogen-bond acceptors (Lipinski definition) is 3. The van der Waals surface area contributed by atoms with Crippen molar-refractivity contribution < 1.29 is 18.3 Å². The fourth-order valence-corrected chi connectivity index (χ4v) is 3.22. The molecule has 152 valence electrons. The third-order valence-corrected chi connectivity index (χ3v) is 4.67. The lowest BCUT2D eigenvalue weighted by Crippen LogP contribution is -2.24. The van der Waals surface area contributed by atoms with Crippen LogP contribution in [0.4, 0.5) is 8.78 Å². The van der Waals surface area contributed by atoms with Crippen molar-refractivity contribution >= 4 is 5.97 Å². The predicted molar refractivity (Wildman–Crippen MR) is 106 cm³/mol. The van der Waals surface area contributed by atoms with Crippen LogP contribution in [0.3, 0.4) is 0 Å². The molecule has 0 aromatic carbocycles. The number of pyridine rings is 1. The molecule has 1 aromatic heterocycles. The van der Waals surface area contributed by atoms with Gasteiger partial charge in [0, 0.05) is 24.1 Å². The number of allylic oxidation sites excluding steroid dienone is 2. The summed E-state index contributed by atoms with van der Waals surface area (Å²) in [6.45, 7) is 7.32. The number of alkyl halides is 2. The average Bonchev–Trinajstić information content (AvgIpc) is 2.71. The Kier molecular flexibility index (Phi) is 7.35. The SMILES string of the molecule is Cc1cccc(C#C/C=C2\CCC(CCC(=O)OC(C)(C)C)CCC2(F)F)n1. The lowest BCUT2D eigenvalue weighted by atomic mass is 9.95. The third-order valence-electron chi connectivity index (χ3n) is 4.67. The van der Waals surface area contributed by atoms with E-state index in [1.807, 2.05) is 39.8 Å². The first kappa shape index (κ1) is 22.1. The smallest absolute Gasteiger partial charge is 0.306 e. The van der Waals surface area contributed by atoms with Gasteiger partial charge in [-0.1, -0.05) is 12.0 Å². The number of esters is 1. The summed E-state index contributed by atoms with van der Waals surface area (Å²) in [6, 6.07) is 5.46. The van der Waals surface area contributed by atoms with Crippen molar-refractivity contribution in [2.24, 2.45) is 5.92 Å². The molecule has 1 heterocycles. The van der Waals surface area contributed by atoms with Gasteiger partial charge in [-0.15, -0.1) is 0 Å². The number of aryl methyl sites for hydroxylation is 1. The molecule has 0 aliphatic heterocycles. The van der Waals surface area contributed by atoms with Crippen molar-refractivity contribution in [1.82, 2.24) is 4.98 Å². The minimum Gasteiger partial charge on any atom is -0.460 e. The number of carbonyl (C=O) groups is 1. The quantitative estimate of drug-likeness (QED) is 0.383. The summed E-state index contributed by atoms with van der Waals surface area (Å²) < 4.78 is 34.2. The number of carbonyl (C=O) groups excluding carboxylic acids is 1. The summed E-state index contributed by atoms with van der Waals surface area (Å²) in [7, 11) is 0. The van der Waals surface area contributed by atoms with E-state index in [-0.39, 0.29) is 30.3 Å². The highest BCUT2D eigenvalue weighted by Crippen LogP contribution is 2.39. The molecule has 0 bridgehead atoms. The van der Waals surface area contributed by atoms with Gasteiger partial charge in [0.25, 0.3) is 5.92 Å². The Morgan fingerprint density at radius 2 is 2.11 bits per heavy atom. The number of hydrogen-bond donors (Lipinski definition) is 0. The highest BCUT2D eigenvalue weighted by Gasteiger charge is 2.37. The van der Waals surface area contributed by atoms with E-state index >= 15 is 0 Å². The molecule has 0 spiro atoms. The van der Waals surface area contributed by atoms with Crippen molar-refractivity contribution in [2.75, 3.05) is 0 Å². The van der Waals surface area contributed by atoms with E-state index in [0.717, 1.165) is 5.69 Å². The van der Waals surface area contributed by atoms with E-state index in [1.165, 1.54) is 6.08 Å². The van der Waals surface area contributed by atoms with Crippen LogP contribution in [0.25, 0.3) is 0 Å². The van der Waals surface area contributed by atoms with Crippen LogP contribution in [0.2, 0.25) is 0 Å². The van der Waals surface area contributed by atoms with Crippen LogP contribution < -0.4 is 0 Å². The van der Waals surface area contributed by atoms with E-state index in [2.05, 4.69) is 16.8 Å². The first-order valence-corrected chi connectivity index (χ1v) is 9.79. The Hall–Kier alpha value is -2.22. The third kappa shape index (κ3) is 7.42. The molecule has 1 aliphatic carbocycles. The molecule has 1 unspecified atom stereocenters. The van der Waals surface area contributed by atoms with Gasteiger partial charge in [0.1, 0.15) is 11.3 Å². The molecule has 2 rings (SSSR count). The fourth-order valence-electron chi connectivity index (χ4n) is 3.22. The topological polar surface area (TPSA) is 39.2 Å². The summed E-state index contributed by atoms with van der Waals surface area (Å²) >= 11 is 0. The van der Waals surface area contributed by atoms with Crippen molar-refractivity contribution in [3.63, 3.8) is 0 Å². The zero-order chi connectivity index (χ0) is 20.8. The number of ether oxygens (including phenoxy) is 1. The largest absolute Gasteiger partial charge is 0.460 e. The van der Waals surface area contributed by atoms with Crippen molar-refractivity contribution in [3.05, 3.63) is 41.2 Å². The van der Waals surface area contributed by atoms with E-state index in [0.29, 0.717) is 31.4 Å². The molecule has 5 heteroatoms. The molecule has 0 saturated heterocycles. The van der Waals surface area contributed by atoms with Crippen LogP contribution in [0.15, 0.2) is 29.8 Å². The summed E-state index contributed by atoms with van der Waals surface area (Å²) in [6.07, 6.45) is 3.32. The Labute approximate surface area is 166 Å². The maximum atomic E-state index is 14.5. The second kappa shape index (κ2) is 9.32. The molecular formula is C23H29F2NO2. The molecule has 0 N–H and O–H groups in total. The standard InChI is InChI=1S/C23H29F2NO2/c1-17-7-5-9-20(26-17)10-6-8-19-13-11-18(15-16-23(19,24)25)12-14-21(27)28-22(2,3)4/h5,7-9,18H,11-16H2,1-4H3/b19-8+. The van der Waals surface area contributed by atoms with Gasteiger partial charge in [-0.2, -0.15) is 0 Å². The van der Waals surface area contributed by atoms with Gasteiger partial charge in [0.15, 0.2) is 0 Å². The minimum absolute atomic E-state index is 0.0763. The first-order valence-electron chi connectivity index (χ1n) is 9.79. The summed E-state index contributed by atoms with van der Waals surface area (Å²) in [5.74, 6) is 2.55. The van der Waals surface area contributed by atoms with Crippen molar-refractivity contribution in [1.29, 1.82) is 0 Å². The van der Waals surface area contributed by atoms with Gasteiger partial charge < -0.3 is 4.74 Å². The van der Waals surface area contributed by atoms with Gasteiger partial charge >= 0.3 is 5.97 Å². The van der Waals surface area contributed by atoms with Gasteiger partial charge in [-0.25, -0.2) is 13.8 Å². The fraction of sp³-hybridized carbons (Fsp3) is 0.565. The molecule has 1 aromatic rings. The molecule has 1 fully saturated rings. The molecule has 0 radical (unpaired) electrons. The van der Waals surface area contributed by atoms with Gasteiger partial charge in [-0.3, -0.25) is 4.79 Å². The molecule has 28 heavy (non-hydrogen) atoms. The Bertz CT molecular complexity index is 782. The monoisotopic (exact) mass is 389 g/mol. The summed E-state index contributed by atoms with van der Waals surface area (Å²) in [5, 5.41) is 0. The number of aromatic nitrogens is 1. The Balaban J connectivity index is 1.97. The lowest BCUT2D eigenvalue weighted by Gasteiger charge is -2.20. The second-order valence-electron chi connectivity index (χ2n) is 8.38. The van der Waals surface area contributed by atoms with Gasteiger partial charge in [0.2, 0.25) is 0 Å². The predicted octanol–water partition coefficient (Wildman–Crippen LogP) is 5.62. The minimum atomic E-state index is -2.85. The highest BCUT2D eigenvalue weighted by molar-refractivity contribution is 5.69. The van der Waals surface area contributed by atoms with Gasteiger partial charge in [0.05, 0.1) is 0 Å². The average molecular weight is 389 g/mol. The maximum Gasteiger partial charge on any atom is 0.306 e. The van der Waals surface area contributed by atoms with Crippen LogP contribution >= 0.6 is 0 Å². The second-order valence-corrected chi connectivity index (χ2v) is 8.38. The highest BCUT2D eigenvalue weighted by atomic mass is 19.3. The Morgan fingerprint density at radius 1 is 1.36 bits per heavy atom.